The SMILES string of the molecule is CCOc1ccc(Oc2ccc(N[C@H](C)C(=O)N3CCCCC3)cc2)cc1. The molecule has 1 saturated heterocycles. The number of likely N-dealkylation sites (tertiary alicyclic amines) is 1. The molecule has 3 rings (SSSR count). The van der Waals surface area contributed by atoms with Crippen LogP contribution in [-0.4, -0.2) is 36.5 Å². The molecular formula is C22H28N2O3. The number of ether oxygens (including phenoxy) is 2. The van der Waals surface area contributed by atoms with E-state index in [0.717, 1.165) is 48.9 Å². The van der Waals surface area contributed by atoms with Crippen LogP contribution < -0.4 is 14.8 Å². The molecule has 2 aromatic carbocycles. The van der Waals surface area contributed by atoms with Gasteiger partial charge < -0.3 is 19.7 Å². The van der Waals surface area contributed by atoms with Gasteiger partial charge in [-0.1, -0.05) is 0 Å². The summed E-state index contributed by atoms with van der Waals surface area (Å²) in [6, 6.07) is 15.0. The highest BCUT2D eigenvalue weighted by Gasteiger charge is 2.21. The number of rotatable bonds is 7. The van der Waals surface area contributed by atoms with Crippen molar-refractivity contribution in [3.63, 3.8) is 0 Å². The number of piperidine rings is 1. The number of nitrogens with one attached hydrogen (secondary N) is 1. The summed E-state index contributed by atoms with van der Waals surface area (Å²) in [5.74, 6) is 2.51. The number of carbonyl (C=O) groups excluding carboxylic acids is 1. The van der Waals surface area contributed by atoms with E-state index in [9.17, 15) is 4.79 Å². The number of nitrogens with zero attached hydrogens (tertiary/aromatic N) is 1. The molecule has 144 valence electrons. The van der Waals surface area contributed by atoms with Gasteiger partial charge in [-0.2, -0.15) is 0 Å². The molecule has 0 spiro atoms. The van der Waals surface area contributed by atoms with Crippen molar-refractivity contribution in [1.82, 2.24) is 4.90 Å². The first-order valence-electron chi connectivity index (χ1n) is 9.72. The third kappa shape index (κ3) is 5.39. The minimum atomic E-state index is -0.235. The summed E-state index contributed by atoms with van der Waals surface area (Å²) < 4.78 is 11.3. The van der Waals surface area contributed by atoms with E-state index in [2.05, 4.69) is 5.32 Å². The van der Waals surface area contributed by atoms with Crippen molar-refractivity contribution in [2.75, 3.05) is 25.0 Å². The molecule has 1 amide bonds. The molecule has 1 fully saturated rings. The van der Waals surface area contributed by atoms with E-state index in [4.69, 9.17) is 9.47 Å². The zero-order valence-electron chi connectivity index (χ0n) is 16.1. The second-order valence-corrected chi connectivity index (χ2v) is 6.78. The van der Waals surface area contributed by atoms with Crippen LogP contribution in [0.25, 0.3) is 0 Å². The third-order valence-corrected chi connectivity index (χ3v) is 4.65. The molecule has 0 bridgehead atoms. The van der Waals surface area contributed by atoms with Crippen LogP contribution in [0.5, 0.6) is 17.2 Å². The van der Waals surface area contributed by atoms with Crippen molar-refractivity contribution in [2.45, 2.75) is 39.2 Å². The monoisotopic (exact) mass is 368 g/mol. The Hall–Kier alpha value is -2.69. The molecule has 1 aliphatic heterocycles. The van der Waals surface area contributed by atoms with Crippen molar-refractivity contribution in [1.29, 1.82) is 0 Å². The summed E-state index contributed by atoms with van der Waals surface area (Å²) in [7, 11) is 0. The van der Waals surface area contributed by atoms with Gasteiger partial charge in [-0.25, -0.2) is 0 Å². The van der Waals surface area contributed by atoms with Crippen molar-refractivity contribution in [2.24, 2.45) is 0 Å². The fraction of sp³-hybridized carbons (Fsp3) is 0.409. The number of anilines is 1. The maximum absolute atomic E-state index is 12.5. The highest BCUT2D eigenvalue weighted by Crippen LogP contribution is 2.25. The van der Waals surface area contributed by atoms with E-state index in [1.165, 1.54) is 6.42 Å². The van der Waals surface area contributed by atoms with Crippen molar-refractivity contribution in [3.8, 4) is 17.2 Å². The molecule has 27 heavy (non-hydrogen) atoms. The molecule has 1 heterocycles. The first-order chi connectivity index (χ1) is 13.2. The Morgan fingerprint density at radius 2 is 1.52 bits per heavy atom. The zero-order chi connectivity index (χ0) is 19.1. The molecule has 0 aliphatic carbocycles. The first-order valence-corrected chi connectivity index (χ1v) is 9.72. The molecule has 1 atom stereocenters. The van der Waals surface area contributed by atoms with Crippen molar-refractivity contribution >= 4 is 11.6 Å². The number of carbonyl (C=O) groups is 1. The van der Waals surface area contributed by atoms with Crippen LogP contribution in [0.3, 0.4) is 0 Å². The number of benzene rings is 2. The predicted octanol–water partition coefficient (Wildman–Crippen LogP) is 4.69. The average Bonchev–Trinajstić information content (AvgIpc) is 2.71. The summed E-state index contributed by atoms with van der Waals surface area (Å²) >= 11 is 0. The molecule has 0 radical (unpaired) electrons. The summed E-state index contributed by atoms with van der Waals surface area (Å²) in [5, 5.41) is 3.29. The van der Waals surface area contributed by atoms with Crippen LogP contribution >= 0.6 is 0 Å². The van der Waals surface area contributed by atoms with E-state index in [-0.39, 0.29) is 11.9 Å². The fourth-order valence-corrected chi connectivity index (χ4v) is 3.23. The Morgan fingerprint density at radius 1 is 0.963 bits per heavy atom. The Balaban J connectivity index is 1.54. The Labute approximate surface area is 161 Å². The van der Waals surface area contributed by atoms with Gasteiger partial charge >= 0.3 is 0 Å². The van der Waals surface area contributed by atoms with Crippen LogP contribution in [0.1, 0.15) is 33.1 Å². The number of hydrogen-bond acceptors (Lipinski definition) is 4. The second-order valence-electron chi connectivity index (χ2n) is 6.78. The standard InChI is InChI=1S/C22H28N2O3/c1-3-26-19-11-13-21(14-12-19)27-20-9-7-18(8-10-20)23-17(2)22(25)24-15-5-4-6-16-24/h7-14,17,23H,3-6,15-16H2,1-2H3/t17-/m1/s1. The van der Waals surface area contributed by atoms with Gasteiger partial charge in [0.2, 0.25) is 5.91 Å². The van der Waals surface area contributed by atoms with E-state index in [1.807, 2.05) is 67.3 Å². The lowest BCUT2D eigenvalue weighted by Gasteiger charge is -2.29. The number of hydrogen-bond donors (Lipinski definition) is 1. The molecule has 2 aromatic rings. The van der Waals surface area contributed by atoms with Gasteiger partial charge in [-0.3, -0.25) is 4.79 Å². The van der Waals surface area contributed by atoms with Crippen LogP contribution in [0.2, 0.25) is 0 Å². The highest BCUT2D eigenvalue weighted by atomic mass is 16.5. The third-order valence-electron chi connectivity index (χ3n) is 4.65. The highest BCUT2D eigenvalue weighted by molar-refractivity contribution is 5.84. The summed E-state index contributed by atoms with van der Waals surface area (Å²) in [6.45, 7) is 6.27. The summed E-state index contributed by atoms with van der Waals surface area (Å²) in [6.07, 6.45) is 3.44. The van der Waals surface area contributed by atoms with Crippen LogP contribution in [-0.2, 0) is 4.79 Å². The molecule has 1 aliphatic rings. The van der Waals surface area contributed by atoms with E-state index in [1.54, 1.807) is 0 Å². The molecule has 5 nitrogen and oxygen atoms in total. The average molecular weight is 368 g/mol. The topological polar surface area (TPSA) is 50.8 Å². The quantitative estimate of drug-likeness (QED) is 0.770. The van der Waals surface area contributed by atoms with Crippen molar-refractivity contribution < 1.29 is 14.3 Å². The van der Waals surface area contributed by atoms with Crippen LogP contribution in [0.15, 0.2) is 48.5 Å². The van der Waals surface area contributed by atoms with Crippen molar-refractivity contribution in [3.05, 3.63) is 48.5 Å². The van der Waals surface area contributed by atoms with Gasteiger partial charge in [0.25, 0.3) is 0 Å². The maximum Gasteiger partial charge on any atom is 0.244 e. The minimum Gasteiger partial charge on any atom is -0.494 e. The second kappa shape index (κ2) is 9.31. The van der Waals surface area contributed by atoms with Gasteiger partial charge in [0.05, 0.1) is 6.61 Å². The predicted molar refractivity (Wildman–Crippen MR) is 108 cm³/mol. The lowest BCUT2D eigenvalue weighted by Crippen LogP contribution is -2.43. The van der Waals surface area contributed by atoms with Gasteiger partial charge in [0.1, 0.15) is 23.3 Å². The van der Waals surface area contributed by atoms with E-state index >= 15 is 0 Å². The van der Waals surface area contributed by atoms with Gasteiger partial charge in [0, 0.05) is 18.8 Å². The Morgan fingerprint density at radius 3 is 2.11 bits per heavy atom. The smallest absolute Gasteiger partial charge is 0.244 e. The number of amides is 1. The van der Waals surface area contributed by atoms with Gasteiger partial charge in [-0.15, -0.1) is 0 Å². The molecule has 5 heteroatoms. The lowest BCUT2D eigenvalue weighted by molar-refractivity contribution is -0.132. The zero-order valence-corrected chi connectivity index (χ0v) is 16.1. The summed E-state index contributed by atoms with van der Waals surface area (Å²) in [5.41, 5.74) is 0.909. The maximum atomic E-state index is 12.5. The fourth-order valence-electron chi connectivity index (χ4n) is 3.23. The molecule has 0 aromatic heterocycles. The van der Waals surface area contributed by atoms with Crippen LogP contribution in [0, 0.1) is 0 Å². The normalized spacial score (nSPS) is 15.1. The lowest BCUT2D eigenvalue weighted by atomic mass is 10.1. The molecule has 0 saturated carbocycles. The minimum absolute atomic E-state index is 0.171. The summed E-state index contributed by atoms with van der Waals surface area (Å²) in [4.78, 5) is 14.5. The molecule has 1 N–H and O–H groups in total. The Kier molecular flexibility index (Phi) is 6.58. The van der Waals surface area contributed by atoms with E-state index in [0.29, 0.717) is 6.61 Å². The van der Waals surface area contributed by atoms with Gasteiger partial charge in [0.15, 0.2) is 0 Å². The molecule has 0 unspecified atom stereocenters. The Bertz CT molecular complexity index is 722. The van der Waals surface area contributed by atoms with Crippen LogP contribution in [0.4, 0.5) is 5.69 Å². The first kappa shape index (κ1) is 19.1. The largest absolute Gasteiger partial charge is 0.494 e. The molecular weight excluding hydrogens is 340 g/mol. The van der Waals surface area contributed by atoms with Gasteiger partial charge in [-0.05, 0) is 81.6 Å². The van der Waals surface area contributed by atoms with E-state index < -0.39 is 0 Å².